The summed E-state index contributed by atoms with van der Waals surface area (Å²) in [4.78, 5) is 0. The number of likely N-dealkylation sites (N-methyl/N-ethyl adjacent to an activating group) is 1. The van der Waals surface area contributed by atoms with Gasteiger partial charge in [-0.3, -0.25) is 0 Å². The predicted molar refractivity (Wildman–Crippen MR) is 109 cm³/mol. The van der Waals surface area contributed by atoms with Gasteiger partial charge in [0.25, 0.3) is 0 Å². The van der Waals surface area contributed by atoms with Crippen molar-refractivity contribution in [2.24, 2.45) is 11.5 Å². The Morgan fingerprint density at radius 3 is 2.21 bits per heavy atom. The highest BCUT2D eigenvalue weighted by molar-refractivity contribution is 5.01. The number of nitrogens with one attached hydrogen (secondary N) is 1. The standard InChI is InChI=1S/C19H37N3O11/c1-19(29)5-30-18(13(28)16(19)22-2)33-15-7(24)3-6(20)14(12(15)27)32-17-9(21)11(26)10(25)8(4-23)31-17/h6-18,22-29H,3-5,20-21H2,1-2H3. The van der Waals surface area contributed by atoms with Crippen LogP contribution in [0.4, 0.5) is 0 Å². The predicted octanol–water partition coefficient (Wildman–Crippen LogP) is -5.97. The number of nitrogens with two attached hydrogens (primary N) is 2. The molecule has 0 aromatic heterocycles. The average molecular weight is 484 g/mol. The molecular weight excluding hydrogens is 446 g/mol. The maximum absolute atomic E-state index is 10.9. The zero-order valence-electron chi connectivity index (χ0n) is 18.5. The summed E-state index contributed by atoms with van der Waals surface area (Å²) in [6.07, 6.45) is -13.3. The minimum absolute atomic E-state index is 0.0566. The summed E-state index contributed by atoms with van der Waals surface area (Å²) in [5.74, 6) is 0. The molecule has 3 aliphatic rings. The highest BCUT2D eigenvalue weighted by atomic mass is 16.7. The van der Waals surface area contributed by atoms with Gasteiger partial charge in [-0.15, -0.1) is 0 Å². The molecule has 2 heterocycles. The fraction of sp³-hybridized carbons (Fsp3) is 1.00. The normalized spacial score (nSPS) is 53.7. The molecule has 0 spiro atoms. The van der Waals surface area contributed by atoms with E-state index in [2.05, 4.69) is 5.32 Å². The first-order valence-corrected chi connectivity index (χ1v) is 10.9. The smallest absolute Gasteiger partial charge is 0.185 e. The number of rotatable bonds is 6. The fourth-order valence-corrected chi connectivity index (χ4v) is 4.67. The Labute approximate surface area is 191 Å². The quantitative estimate of drug-likeness (QED) is 0.169. The third kappa shape index (κ3) is 5.34. The molecule has 2 saturated heterocycles. The lowest BCUT2D eigenvalue weighted by Crippen LogP contribution is -2.68. The molecule has 0 amide bonds. The second kappa shape index (κ2) is 10.6. The van der Waals surface area contributed by atoms with Crippen molar-refractivity contribution in [3.63, 3.8) is 0 Å². The van der Waals surface area contributed by atoms with Crippen LogP contribution in [0.5, 0.6) is 0 Å². The number of ether oxygens (including phenoxy) is 4. The molecule has 12 N–H and O–H groups in total. The van der Waals surface area contributed by atoms with E-state index in [1.54, 1.807) is 7.05 Å². The summed E-state index contributed by atoms with van der Waals surface area (Å²) in [7, 11) is 1.55. The van der Waals surface area contributed by atoms with Crippen molar-refractivity contribution >= 4 is 0 Å². The van der Waals surface area contributed by atoms with Gasteiger partial charge in [0.1, 0.15) is 48.3 Å². The van der Waals surface area contributed by atoms with Gasteiger partial charge in [-0.1, -0.05) is 0 Å². The topological polar surface area (TPSA) is 243 Å². The van der Waals surface area contributed by atoms with Crippen molar-refractivity contribution in [2.45, 2.75) is 98.5 Å². The van der Waals surface area contributed by atoms with E-state index in [0.29, 0.717) is 0 Å². The maximum atomic E-state index is 10.9. The SMILES string of the molecule is CNC1C(O)C(OC2C(O)CC(N)C(OC3OC(CO)C(O)C(O)C3N)C2O)OCC1(C)O. The van der Waals surface area contributed by atoms with E-state index in [1.165, 1.54) is 6.92 Å². The molecule has 33 heavy (non-hydrogen) atoms. The molecule has 1 aliphatic carbocycles. The molecular formula is C19H37N3O11. The van der Waals surface area contributed by atoms with Gasteiger partial charge in [-0.25, -0.2) is 0 Å². The number of aliphatic hydroxyl groups excluding tert-OH is 6. The van der Waals surface area contributed by atoms with Crippen LogP contribution in [0.2, 0.25) is 0 Å². The molecule has 0 bridgehead atoms. The van der Waals surface area contributed by atoms with E-state index in [-0.39, 0.29) is 13.0 Å². The van der Waals surface area contributed by atoms with Crippen molar-refractivity contribution in [1.29, 1.82) is 0 Å². The minimum Gasteiger partial charge on any atom is -0.394 e. The number of aliphatic hydroxyl groups is 7. The van der Waals surface area contributed by atoms with Crippen LogP contribution in [-0.2, 0) is 18.9 Å². The molecule has 2 aliphatic heterocycles. The van der Waals surface area contributed by atoms with Gasteiger partial charge in [0.15, 0.2) is 12.6 Å². The first kappa shape index (κ1) is 27.0. The highest BCUT2D eigenvalue weighted by Gasteiger charge is 2.52. The van der Waals surface area contributed by atoms with Crippen LogP contribution >= 0.6 is 0 Å². The maximum Gasteiger partial charge on any atom is 0.185 e. The van der Waals surface area contributed by atoms with Crippen molar-refractivity contribution in [2.75, 3.05) is 20.3 Å². The molecule has 0 aromatic rings. The van der Waals surface area contributed by atoms with Gasteiger partial charge < -0.3 is 71.5 Å². The van der Waals surface area contributed by atoms with Crippen molar-refractivity contribution < 1.29 is 54.7 Å². The zero-order chi connectivity index (χ0) is 24.7. The molecule has 3 fully saturated rings. The van der Waals surface area contributed by atoms with E-state index in [0.717, 1.165) is 0 Å². The summed E-state index contributed by atoms with van der Waals surface area (Å²) in [5, 5.41) is 74.6. The molecule has 3 rings (SSSR count). The Kier molecular flexibility index (Phi) is 8.68. The molecule has 0 radical (unpaired) electrons. The van der Waals surface area contributed by atoms with Gasteiger partial charge in [-0.2, -0.15) is 0 Å². The van der Waals surface area contributed by atoms with Gasteiger partial charge in [0, 0.05) is 6.04 Å². The highest BCUT2D eigenvalue weighted by Crippen LogP contribution is 2.32. The molecule has 14 heteroatoms. The van der Waals surface area contributed by atoms with Crippen molar-refractivity contribution in [3.05, 3.63) is 0 Å². The van der Waals surface area contributed by atoms with Crippen LogP contribution < -0.4 is 16.8 Å². The van der Waals surface area contributed by atoms with Gasteiger partial charge >= 0.3 is 0 Å². The summed E-state index contributed by atoms with van der Waals surface area (Å²) >= 11 is 0. The van der Waals surface area contributed by atoms with E-state index < -0.39 is 91.7 Å². The van der Waals surface area contributed by atoms with E-state index in [9.17, 15) is 35.7 Å². The second-order valence-corrected chi connectivity index (χ2v) is 9.24. The van der Waals surface area contributed by atoms with Gasteiger partial charge in [0.05, 0.1) is 31.4 Å². The average Bonchev–Trinajstić information content (AvgIpc) is 2.75. The van der Waals surface area contributed by atoms with Crippen LogP contribution in [-0.4, -0.2) is 141 Å². The Hall–Kier alpha value is -0.560. The van der Waals surface area contributed by atoms with Gasteiger partial charge in [-0.05, 0) is 20.4 Å². The lowest BCUT2D eigenvalue weighted by molar-refractivity contribution is -0.324. The van der Waals surface area contributed by atoms with E-state index in [1.807, 2.05) is 0 Å². The molecule has 1 saturated carbocycles. The Balaban J connectivity index is 1.71. The molecule has 14 nitrogen and oxygen atoms in total. The fourth-order valence-electron chi connectivity index (χ4n) is 4.67. The Morgan fingerprint density at radius 2 is 1.61 bits per heavy atom. The van der Waals surface area contributed by atoms with Crippen molar-refractivity contribution in [1.82, 2.24) is 5.32 Å². The molecule has 14 unspecified atom stereocenters. The van der Waals surface area contributed by atoms with Crippen LogP contribution in [0.15, 0.2) is 0 Å². The summed E-state index contributed by atoms with van der Waals surface area (Å²) in [5.41, 5.74) is 10.6. The van der Waals surface area contributed by atoms with Crippen LogP contribution in [0.25, 0.3) is 0 Å². The van der Waals surface area contributed by atoms with E-state index >= 15 is 0 Å². The summed E-state index contributed by atoms with van der Waals surface area (Å²) in [6, 6.07) is -2.90. The second-order valence-electron chi connectivity index (χ2n) is 9.24. The number of hydrogen-bond donors (Lipinski definition) is 10. The third-order valence-electron chi connectivity index (χ3n) is 6.64. The Morgan fingerprint density at radius 1 is 0.970 bits per heavy atom. The monoisotopic (exact) mass is 483 g/mol. The first-order valence-electron chi connectivity index (χ1n) is 10.9. The largest absolute Gasteiger partial charge is 0.394 e. The van der Waals surface area contributed by atoms with Crippen LogP contribution in [0.3, 0.4) is 0 Å². The van der Waals surface area contributed by atoms with Crippen LogP contribution in [0.1, 0.15) is 13.3 Å². The van der Waals surface area contributed by atoms with Crippen molar-refractivity contribution in [3.8, 4) is 0 Å². The lowest BCUT2D eigenvalue weighted by atomic mass is 9.85. The van der Waals surface area contributed by atoms with Crippen LogP contribution in [0, 0.1) is 0 Å². The number of hydrogen-bond acceptors (Lipinski definition) is 14. The third-order valence-corrected chi connectivity index (χ3v) is 6.64. The summed E-state index contributed by atoms with van der Waals surface area (Å²) < 4.78 is 22.3. The van der Waals surface area contributed by atoms with Gasteiger partial charge in [0.2, 0.25) is 0 Å². The van der Waals surface area contributed by atoms with E-state index in [4.69, 9.17) is 30.4 Å². The molecule has 0 aromatic carbocycles. The first-order chi connectivity index (χ1) is 15.4. The minimum atomic E-state index is -1.53. The molecule has 194 valence electrons. The molecule has 14 atom stereocenters. The summed E-state index contributed by atoms with van der Waals surface area (Å²) in [6.45, 7) is 0.702. The Bertz CT molecular complexity index is 644. The zero-order valence-corrected chi connectivity index (χ0v) is 18.5. The lowest BCUT2D eigenvalue weighted by Gasteiger charge is -2.48.